The largest absolute Gasteiger partial charge is 0.369 e. The molecule has 0 spiro atoms. The average molecular weight is 296 g/mol. The normalized spacial score (nSPS) is 11.1. The minimum absolute atomic E-state index is 0.0302. The molecule has 3 rings (SSSR count). The van der Waals surface area contributed by atoms with Crippen LogP contribution in [0.1, 0.15) is 0 Å². The molecule has 19 heavy (non-hydrogen) atoms. The standard InChI is InChI=1S/C13H8Cl2FN3/c14-7-1-3-8(4-2-7)19-12-5-9(15)10(16)6-11(12)18-13(19)17/h1-6H,(H2,17,18). The van der Waals surface area contributed by atoms with Crippen LogP contribution in [0.5, 0.6) is 0 Å². The summed E-state index contributed by atoms with van der Waals surface area (Å²) in [4.78, 5) is 4.12. The maximum absolute atomic E-state index is 13.4. The smallest absolute Gasteiger partial charge is 0.205 e. The fraction of sp³-hybridized carbons (Fsp3) is 0. The molecule has 0 atom stereocenters. The van der Waals surface area contributed by atoms with E-state index in [-0.39, 0.29) is 11.0 Å². The van der Waals surface area contributed by atoms with Crippen LogP contribution in [0.25, 0.3) is 16.7 Å². The second-order valence-electron chi connectivity index (χ2n) is 4.04. The maximum Gasteiger partial charge on any atom is 0.205 e. The number of nitrogens with zero attached hydrogens (tertiary/aromatic N) is 2. The number of nitrogens with two attached hydrogens (primary N) is 1. The summed E-state index contributed by atoms with van der Waals surface area (Å²) in [7, 11) is 0. The summed E-state index contributed by atoms with van der Waals surface area (Å²) in [5.74, 6) is -0.256. The van der Waals surface area contributed by atoms with E-state index in [1.165, 1.54) is 12.1 Å². The van der Waals surface area contributed by atoms with Crippen LogP contribution in [0.3, 0.4) is 0 Å². The van der Waals surface area contributed by atoms with Crippen LogP contribution in [0.2, 0.25) is 10.0 Å². The zero-order chi connectivity index (χ0) is 13.6. The van der Waals surface area contributed by atoms with Crippen molar-refractivity contribution in [2.24, 2.45) is 0 Å². The van der Waals surface area contributed by atoms with Gasteiger partial charge in [-0.3, -0.25) is 4.57 Å². The van der Waals surface area contributed by atoms with Crippen LogP contribution in [0.15, 0.2) is 36.4 Å². The number of fused-ring (bicyclic) bond motifs is 1. The predicted molar refractivity (Wildman–Crippen MR) is 75.5 cm³/mol. The average Bonchev–Trinajstić information content (AvgIpc) is 2.67. The fourth-order valence-corrected chi connectivity index (χ4v) is 2.24. The van der Waals surface area contributed by atoms with Crippen molar-refractivity contribution in [1.82, 2.24) is 9.55 Å². The van der Waals surface area contributed by atoms with Gasteiger partial charge in [-0.1, -0.05) is 23.2 Å². The molecule has 0 aliphatic rings. The highest BCUT2D eigenvalue weighted by atomic mass is 35.5. The third-order valence-corrected chi connectivity index (χ3v) is 3.35. The highest BCUT2D eigenvalue weighted by molar-refractivity contribution is 6.31. The molecule has 2 N–H and O–H groups in total. The Hall–Kier alpha value is -1.78. The van der Waals surface area contributed by atoms with E-state index in [0.29, 0.717) is 16.1 Å². The molecular weight excluding hydrogens is 288 g/mol. The molecule has 1 heterocycles. The van der Waals surface area contributed by atoms with Gasteiger partial charge in [-0.15, -0.1) is 0 Å². The van der Waals surface area contributed by atoms with E-state index >= 15 is 0 Å². The van der Waals surface area contributed by atoms with E-state index in [1.54, 1.807) is 28.8 Å². The first-order valence-electron chi connectivity index (χ1n) is 5.45. The van der Waals surface area contributed by atoms with Gasteiger partial charge < -0.3 is 5.73 Å². The van der Waals surface area contributed by atoms with Gasteiger partial charge in [0, 0.05) is 16.8 Å². The van der Waals surface area contributed by atoms with Gasteiger partial charge in [0.2, 0.25) is 5.95 Å². The van der Waals surface area contributed by atoms with Crippen molar-refractivity contribution in [1.29, 1.82) is 0 Å². The second kappa shape index (κ2) is 4.40. The first kappa shape index (κ1) is 12.3. The van der Waals surface area contributed by atoms with Crippen LogP contribution < -0.4 is 5.73 Å². The predicted octanol–water partition coefficient (Wildman–Crippen LogP) is 4.05. The molecule has 3 aromatic rings. The minimum Gasteiger partial charge on any atom is -0.369 e. The highest BCUT2D eigenvalue weighted by Crippen LogP contribution is 2.28. The number of rotatable bonds is 1. The monoisotopic (exact) mass is 295 g/mol. The maximum atomic E-state index is 13.4. The number of imidazole rings is 1. The number of hydrogen-bond acceptors (Lipinski definition) is 2. The van der Waals surface area contributed by atoms with Gasteiger partial charge in [-0.05, 0) is 30.3 Å². The summed E-state index contributed by atoms with van der Waals surface area (Å²) >= 11 is 11.7. The van der Waals surface area contributed by atoms with Gasteiger partial charge in [0.25, 0.3) is 0 Å². The Kier molecular flexibility index (Phi) is 2.84. The number of nitrogen functional groups attached to an aromatic ring is 1. The Morgan fingerprint density at radius 3 is 2.47 bits per heavy atom. The summed E-state index contributed by atoms with van der Waals surface area (Å²) in [6.07, 6.45) is 0. The quantitative estimate of drug-likeness (QED) is 0.736. The molecule has 1 aromatic heterocycles. The van der Waals surface area contributed by atoms with E-state index in [4.69, 9.17) is 28.9 Å². The number of benzene rings is 2. The van der Waals surface area contributed by atoms with Gasteiger partial charge >= 0.3 is 0 Å². The van der Waals surface area contributed by atoms with Gasteiger partial charge in [0.15, 0.2) is 0 Å². The lowest BCUT2D eigenvalue weighted by Crippen LogP contribution is -2.00. The first-order valence-corrected chi connectivity index (χ1v) is 6.21. The van der Waals surface area contributed by atoms with Crippen LogP contribution >= 0.6 is 23.2 Å². The van der Waals surface area contributed by atoms with Gasteiger partial charge in [0.1, 0.15) is 5.82 Å². The zero-order valence-corrected chi connectivity index (χ0v) is 11.1. The van der Waals surface area contributed by atoms with Crippen molar-refractivity contribution in [3.63, 3.8) is 0 Å². The van der Waals surface area contributed by atoms with E-state index in [9.17, 15) is 4.39 Å². The topological polar surface area (TPSA) is 43.8 Å². The van der Waals surface area contributed by atoms with Crippen LogP contribution in [0.4, 0.5) is 10.3 Å². The molecule has 2 aromatic carbocycles. The molecule has 6 heteroatoms. The van der Waals surface area contributed by atoms with Crippen molar-refractivity contribution in [3.8, 4) is 5.69 Å². The summed E-state index contributed by atoms with van der Waals surface area (Å²) < 4.78 is 15.1. The molecule has 0 aliphatic heterocycles. The fourth-order valence-electron chi connectivity index (χ4n) is 1.95. The van der Waals surface area contributed by atoms with Crippen molar-refractivity contribution in [3.05, 3.63) is 52.3 Å². The number of hydrogen-bond donors (Lipinski definition) is 1. The number of aromatic nitrogens is 2. The molecule has 0 bridgehead atoms. The van der Waals surface area contributed by atoms with Crippen molar-refractivity contribution < 1.29 is 4.39 Å². The first-order chi connectivity index (χ1) is 9.06. The van der Waals surface area contributed by atoms with Crippen molar-refractivity contribution >= 4 is 40.2 Å². The van der Waals surface area contributed by atoms with E-state index < -0.39 is 5.82 Å². The van der Waals surface area contributed by atoms with Crippen LogP contribution in [-0.2, 0) is 0 Å². The Bertz CT molecular complexity index is 766. The van der Waals surface area contributed by atoms with Crippen molar-refractivity contribution in [2.45, 2.75) is 0 Å². The number of halogens is 3. The van der Waals surface area contributed by atoms with Crippen LogP contribution in [0, 0.1) is 5.82 Å². The molecule has 0 radical (unpaired) electrons. The molecule has 96 valence electrons. The van der Waals surface area contributed by atoms with E-state index in [1.807, 2.05) is 0 Å². The second-order valence-corrected chi connectivity index (χ2v) is 4.88. The Labute approximate surface area is 118 Å². The Morgan fingerprint density at radius 1 is 1.11 bits per heavy atom. The van der Waals surface area contributed by atoms with E-state index in [2.05, 4.69) is 4.98 Å². The molecule has 0 aliphatic carbocycles. The summed E-state index contributed by atoms with van der Waals surface area (Å²) in [5.41, 5.74) is 7.76. The minimum atomic E-state index is -0.519. The van der Waals surface area contributed by atoms with Crippen LogP contribution in [-0.4, -0.2) is 9.55 Å². The van der Waals surface area contributed by atoms with Crippen molar-refractivity contribution in [2.75, 3.05) is 5.73 Å². The molecule has 0 amide bonds. The van der Waals surface area contributed by atoms with Gasteiger partial charge in [-0.2, -0.15) is 0 Å². The zero-order valence-electron chi connectivity index (χ0n) is 9.57. The lowest BCUT2D eigenvalue weighted by molar-refractivity contribution is 0.630. The lowest BCUT2D eigenvalue weighted by Gasteiger charge is -2.06. The third-order valence-electron chi connectivity index (χ3n) is 2.81. The summed E-state index contributed by atoms with van der Waals surface area (Å²) in [6.45, 7) is 0. The Morgan fingerprint density at radius 2 is 1.79 bits per heavy atom. The van der Waals surface area contributed by atoms with E-state index in [0.717, 1.165) is 5.69 Å². The highest BCUT2D eigenvalue weighted by Gasteiger charge is 2.13. The van der Waals surface area contributed by atoms with Gasteiger partial charge in [0.05, 0.1) is 16.1 Å². The molecule has 0 saturated heterocycles. The number of anilines is 1. The molecule has 3 nitrogen and oxygen atoms in total. The summed E-state index contributed by atoms with van der Waals surface area (Å²) in [6, 6.07) is 9.86. The van der Waals surface area contributed by atoms with Gasteiger partial charge in [-0.25, -0.2) is 9.37 Å². The third kappa shape index (κ3) is 2.03. The SMILES string of the molecule is Nc1nc2cc(F)c(Cl)cc2n1-c1ccc(Cl)cc1. The Balaban J connectivity index is 2.31. The summed E-state index contributed by atoms with van der Waals surface area (Å²) in [5, 5.41) is 0.651. The molecular formula is C13H8Cl2FN3. The lowest BCUT2D eigenvalue weighted by atomic mass is 10.2. The molecule has 0 saturated carbocycles. The molecule has 0 unspecified atom stereocenters. The molecule has 0 fully saturated rings.